The molecule has 1 unspecified atom stereocenters. The number of unbranched alkanes of at least 4 members (excludes halogenated alkanes) is 3. The van der Waals surface area contributed by atoms with Gasteiger partial charge in [0.05, 0.1) is 0 Å². The molecule has 17 heavy (non-hydrogen) atoms. The minimum atomic E-state index is 0.655. The van der Waals surface area contributed by atoms with Gasteiger partial charge in [0, 0.05) is 0 Å². The molecule has 0 aliphatic carbocycles. The van der Waals surface area contributed by atoms with Gasteiger partial charge in [-0.05, 0) is 46.0 Å². The summed E-state index contributed by atoms with van der Waals surface area (Å²) in [5.74, 6) is 0.655. The van der Waals surface area contributed by atoms with Crippen molar-refractivity contribution in [2.24, 2.45) is 5.92 Å². The molecule has 0 fully saturated rings. The lowest BCUT2D eigenvalue weighted by Gasteiger charge is -2.05. The zero-order chi connectivity index (χ0) is 13.1. The molecule has 0 radical (unpaired) electrons. The predicted octanol–water partition coefficient (Wildman–Crippen LogP) is 6.06. The number of allylic oxidation sites excluding steroid dienone is 6. The highest BCUT2D eigenvalue weighted by Crippen LogP contribution is 2.14. The van der Waals surface area contributed by atoms with Crippen LogP contribution in [-0.4, -0.2) is 0 Å². The first-order valence-corrected chi connectivity index (χ1v) is 7.08. The van der Waals surface area contributed by atoms with Gasteiger partial charge in [0.25, 0.3) is 0 Å². The first-order valence-electron chi connectivity index (χ1n) is 7.08. The van der Waals surface area contributed by atoms with Gasteiger partial charge in [0.15, 0.2) is 0 Å². The molecule has 0 rings (SSSR count). The Balaban J connectivity index is 4.09. The predicted molar refractivity (Wildman–Crippen MR) is 80.3 cm³/mol. The summed E-state index contributed by atoms with van der Waals surface area (Å²) in [6.07, 6.45) is 15.5. The van der Waals surface area contributed by atoms with Crippen LogP contribution in [-0.2, 0) is 0 Å². The van der Waals surface area contributed by atoms with Gasteiger partial charge in [-0.2, -0.15) is 0 Å². The maximum Gasteiger partial charge on any atom is -0.0227 e. The van der Waals surface area contributed by atoms with Crippen LogP contribution >= 0.6 is 0 Å². The van der Waals surface area contributed by atoms with Crippen LogP contribution in [0, 0.1) is 5.92 Å². The molecule has 0 aromatic rings. The normalized spacial score (nSPS) is 15.6. The molecule has 0 saturated carbocycles. The lowest BCUT2D eigenvalue weighted by Crippen LogP contribution is -1.88. The molecule has 0 aromatic heterocycles. The number of hydrogen-bond donors (Lipinski definition) is 0. The van der Waals surface area contributed by atoms with Crippen LogP contribution in [0.2, 0.25) is 0 Å². The third kappa shape index (κ3) is 8.97. The molecule has 98 valence electrons. The van der Waals surface area contributed by atoms with E-state index >= 15 is 0 Å². The van der Waals surface area contributed by atoms with Crippen molar-refractivity contribution >= 4 is 0 Å². The smallest absolute Gasteiger partial charge is 0.0227 e. The highest BCUT2D eigenvalue weighted by atomic mass is 14.0. The molecule has 0 N–H and O–H groups in total. The Labute approximate surface area is 109 Å². The Morgan fingerprint density at radius 2 is 1.71 bits per heavy atom. The second-order valence-electron chi connectivity index (χ2n) is 5.01. The van der Waals surface area contributed by atoms with Gasteiger partial charge in [0.2, 0.25) is 0 Å². The van der Waals surface area contributed by atoms with Crippen LogP contribution < -0.4 is 0 Å². The van der Waals surface area contributed by atoms with Crippen molar-refractivity contribution < 1.29 is 0 Å². The summed E-state index contributed by atoms with van der Waals surface area (Å²) in [5, 5.41) is 0. The summed E-state index contributed by atoms with van der Waals surface area (Å²) >= 11 is 0. The number of rotatable bonds is 8. The summed E-state index contributed by atoms with van der Waals surface area (Å²) in [6, 6.07) is 0. The molecular weight excluding hydrogens is 204 g/mol. The summed E-state index contributed by atoms with van der Waals surface area (Å²) in [7, 11) is 0. The molecule has 1 atom stereocenters. The van der Waals surface area contributed by atoms with E-state index in [2.05, 4.69) is 58.9 Å². The quantitative estimate of drug-likeness (QED) is 0.272. The summed E-state index contributed by atoms with van der Waals surface area (Å²) < 4.78 is 0. The number of hydrogen-bond acceptors (Lipinski definition) is 0. The molecule has 0 aliphatic rings. The Hall–Kier alpha value is -0.780. The van der Waals surface area contributed by atoms with Crippen LogP contribution in [0.25, 0.3) is 0 Å². The van der Waals surface area contributed by atoms with Crippen molar-refractivity contribution in [1.29, 1.82) is 0 Å². The second-order valence-corrected chi connectivity index (χ2v) is 5.01. The fraction of sp³-hybridized carbons (Fsp3) is 0.647. The average molecular weight is 234 g/mol. The molecule has 0 bridgehead atoms. The van der Waals surface area contributed by atoms with Gasteiger partial charge in [-0.15, -0.1) is 0 Å². The third-order valence-corrected chi connectivity index (χ3v) is 3.20. The molecule has 0 heteroatoms. The molecule has 0 aliphatic heterocycles. The maximum absolute atomic E-state index is 2.39. The van der Waals surface area contributed by atoms with Crippen molar-refractivity contribution in [1.82, 2.24) is 0 Å². The van der Waals surface area contributed by atoms with Crippen LogP contribution in [0.3, 0.4) is 0 Å². The molecule has 0 amide bonds. The monoisotopic (exact) mass is 234 g/mol. The van der Waals surface area contributed by atoms with E-state index in [4.69, 9.17) is 0 Å². The standard InChI is InChI=1S/C17H30/c1-6-8-9-10-12-16(4)17(5)14-13-15(3)11-7-2/h7,11-12,14-15H,6,8-10,13H2,1-5H3. The van der Waals surface area contributed by atoms with Crippen molar-refractivity contribution in [3.63, 3.8) is 0 Å². The molecule has 0 saturated heterocycles. The third-order valence-electron chi connectivity index (χ3n) is 3.20. The summed E-state index contributed by atoms with van der Waals surface area (Å²) in [6.45, 7) is 11.1. The second kappa shape index (κ2) is 10.4. The van der Waals surface area contributed by atoms with Gasteiger partial charge < -0.3 is 0 Å². The van der Waals surface area contributed by atoms with E-state index < -0.39 is 0 Å². The fourth-order valence-corrected chi connectivity index (χ4v) is 1.80. The minimum Gasteiger partial charge on any atom is -0.0914 e. The Bertz CT molecular complexity index is 266. The molecule has 0 nitrogen and oxygen atoms in total. The molecule has 0 aromatic carbocycles. The fourth-order valence-electron chi connectivity index (χ4n) is 1.80. The van der Waals surface area contributed by atoms with E-state index in [9.17, 15) is 0 Å². The van der Waals surface area contributed by atoms with E-state index in [1.807, 2.05) is 0 Å². The first-order chi connectivity index (χ1) is 8.11. The Morgan fingerprint density at radius 1 is 1.06 bits per heavy atom. The van der Waals surface area contributed by atoms with Crippen LogP contribution in [0.4, 0.5) is 0 Å². The van der Waals surface area contributed by atoms with Gasteiger partial charge in [-0.1, -0.05) is 62.1 Å². The van der Waals surface area contributed by atoms with Crippen molar-refractivity contribution in [2.45, 2.75) is 66.7 Å². The topological polar surface area (TPSA) is 0 Å². The van der Waals surface area contributed by atoms with E-state index in [-0.39, 0.29) is 0 Å². The highest BCUT2D eigenvalue weighted by Gasteiger charge is 1.96. The van der Waals surface area contributed by atoms with Crippen molar-refractivity contribution in [3.8, 4) is 0 Å². The molecular formula is C17H30. The zero-order valence-electron chi connectivity index (χ0n) is 12.4. The first kappa shape index (κ1) is 16.2. The van der Waals surface area contributed by atoms with E-state index in [0.29, 0.717) is 5.92 Å². The SMILES string of the molecule is CC=CC(C)CC=C(C)C(C)=CCCCCC. The van der Waals surface area contributed by atoms with Crippen LogP contribution in [0.5, 0.6) is 0 Å². The van der Waals surface area contributed by atoms with E-state index in [1.54, 1.807) is 0 Å². The van der Waals surface area contributed by atoms with Crippen LogP contribution in [0.1, 0.15) is 66.7 Å². The maximum atomic E-state index is 2.39. The molecule has 0 spiro atoms. The average Bonchev–Trinajstić information content (AvgIpc) is 2.31. The van der Waals surface area contributed by atoms with E-state index in [1.165, 1.54) is 36.8 Å². The minimum absolute atomic E-state index is 0.655. The zero-order valence-corrected chi connectivity index (χ0v) is 12.4. The van der Waals surface area contributed by atoms with Crippen molar-refractivity contribution in [3.05, 3.63) is 35.5 Å². The summed E-state index contributed by atoms with van der Waals surface area (Å²) in [5.41, 5.74) is 2.90. The van der Waals surface area contributed by atoms with Gasteiger partial charge >= 0.3 is 0 Å². The van der Waals surface area contributed by atoms with Gasteiger partial charge in [-0.3, -0.25) is 0 Å². The lowest BCUT2D eigenvalue weighted by molar-refractivity contribution is 0.726. The Kier molecular flexibility index (Phi) is 9.90. The highest BCUT2D eigenvalue weighted by molar-refractivity contribution is 5.26. The summed E-state index contributed by atoms with van der Waals surface area (Å²) in [4.78, 5) is 0. The van der Waals surface area contributed by atoms with Crippen molar-refractivity contribution in [2.75, 3.05) is 0 Å². The Morgan fingerprint density at radius 3 is 2.29 bits per heavy atom. The van der Waals surface area contributed by atoms with Gasteiger partial charge in [-0.25, -0.2) is 0 Å². The lowest BCUT2D eigenvalue weighted by atomic mass is 10.0. The molecule has 0 heterocycles. The largest absolute Gasteiger partial charge is 0.0914 e. The van der Waals surface area contributed by atoms with Crippen LogP contribution in [0.15, 0.2) is 35.5 Å². The van der Waals surface area contributed by atoms with E-state index in [0.717, 1.165) is 6.42 Å². The van der Waals surface area contributed by atoms with Gasteiger partial charge in [0.1, 0.15) is 0 Å².